The van der Waals surface area contributed by atoms with E-state index in [0.29, 0.717) is 24.6 Å². The molecule has 5 heteroatoms. The minimum Gasteiger partial charge on any atom is -0.203 e. The molecule has 0 heterocycles. The Balaban J connectivity index is 3.52. The molecule has 1 aromatic carbocycles. The molecule has 0 aromatic heterocycles. The number of hydrogen-bond donors (Lipinski definition) is 0. The van der Waals surface area contributed by atoms with Gasteiger partial charge in [0.15, 0.2) is 23.3 Å². The molecule has 0 saturated carbocycles. The molecule has 0 aliphatic rings. The quantitative estimate of drug-likeness (QED) is 0.425. The zero-order valence-corrected chi connectivity index (χ0v) is 10.7. The summed E-state index contributed by atoms with van der Waals surface area (Å²) >= 11 is 0.656. The maximum absolute atomic E-state index is 13.7. The van der Waals surface area contributed by atoms with Gasteiger partial charge in [-0.05, 0) is 25.0 Å². The number of halogens is 4. The average Bonchev–Trinajstić information content (AvgIpc) is 2.33. The zero-order valence-electron chi connectivity index (χ0n) is 9.91. The van der Waals surface area contributed by atoms with E-state index in [-0.39, 0.29) is 0 Å². The van der Waals surface area contributed by atoms with Gasteiger partial charge >= 0.3 is 0 Å². The van der Waals surface area contributed by atoms with Gasteiger partial charge in [0.1, 0.15) is 0 Å². The van der Waals surface area contributed by atoms with Crippen LogP contribution in [0.1, 0.15) is 38.2 Å². The largest absolute Gasteiger partial charge is 0.203 e. The Morgan fingerprint density at radius 2 is 1.29 bits per heavy atom. The smallest absolute Gasteiger partial charge is 0.175 e. The van der Waals surface area contributed by atoms with Crippen molar-refractivity contribution in [3.63, 3.8) is 0 Å². The molecule has 0 radical (unpaired) electrons. The molecule has 0 nitrogen and oxygen atoms in total. The molecular weight excluding hydrogens is 252 g/mol. The van der Waals surface area contributed by atoms with Crippen LogP contribution in [0.25, 0.3) is 0 Å². The molecule has 0 aliphatic carbocycles. The Kier molecular flexibility index (Phi) is 4.86. The normalized spacial score (nSPS) is 11.3. The number of thioether (sulfide) groups is 1. The minimum atomic E-state index is -1.29. The van der Waals surface area contributed by atoms with E-state index < -0.39 is 39.6 Å². The lowest BCUT2D eigenvalue weighted by Crippen LogP contribution is -2.09. The van der Waals surface area contributed by atoms with Crippen molar-refractivity contribution >= 4 is 11.8 Å². The lowest BCUT2D eigenvalue weighted by atomic mass is 9.92. The third kappa shape index (κ3) is 2.44. The van der Waals surface area contributed by atoms with E-state index in [9.17, 15) is 17.6 Å². The predicted molar refractivity (Wildman–Crippen MR) is 61.4 cm³/mol. The number of benzene rings is 1. The van der Waals surface area contributed by atoms with Gasteiger partial charge in [0, 0.05) is 5.56 Å². The Morgan fingerprint density at radius 3 is 1.59 bits per heavy atom. The van der Waals surface area contributed by atoms with E-state index >= 15 is 0 Å². The van der Waals surface area contributed by atoms with Crippen LogP contribution in [-0.2, 0) is 0 Å². The summed E-state index contributed by atoms with van der Waals surface area (Å²) in [6.07, 6.45) is 2.24. The van der Waals surface area contributed by atoms with E-state index in [1.807, 2.05) is 0 Å². The van der Waals surface area contributed by atoms with Gasteiger partial charge in [0.25, 0.3) is 0 Å². The van der Waals surface area contributed by atoms with Gasteiger partial charge in [-0.25, -0.2) is 17.6 Å². The van der Waals surface area contributed by atoms with Crippen molar-refractivity contribution in [2.24, 2.45) is 0 Å². The molecule has 0 amide bonds. The molecule has 1 rings (SSSR count). The van der Waals surface area contributed by atoms with Crippen molar-refractivity contribution in [1.29, 1.82) is 0 Å². The van der Waals surface area contributed by atoms with E-state index in [4.69, 9.17) is 0 Å². The summed E-state index contributed by atoms with van der Waals surface area (Å²) in [6, 6.07) is 0. The molecule has 0 bridgehead atoms. The summed E-state index contributed by atoms with van der Waals surface area (Å²) in [6.45, 7) is 3.46. The van der Waals surface area contributed by atoms with Crippen LogP contribution in [0.5, 0.6) is 0 Å². The van der Waals surface area contributed by atoms with Crippen LogP contribution in [0.3, 0.4) is 0 Å². The summed E-state index contributed by atoms with van der Waals surface area (Å²) in [5.41, 5.74) is -0.470. The third-order valence-corrected chi connectivity index (χ3v) is 3.62. The fourth-order valence-corrected chi connectivity index (χ4v) is 2.40. The van der Waals surface area contributed by atoms with Gasteiger partial charge in [-0.15, -0.1) is 11.8 Å². The fourth-order valence-electron chi connectivity index (χ4n) is 1.86. The summed E-state index contributed by atoms with van der Waals surface area (Å²) in [4.78, 5) is -0.602. The Morgan fingerprint density at radius 1 is 0.882 bits per heavy atom. The van der Waals surface area contributed by atoms with E-state index in [1.165, 1.54) is 6.26 Å². The summed E-state index contributed by atoms with van der Waals surface area (Å²) < 4.78 is 54.5. The highest BCUT2D eigenvalue weighted by atomic mass is 32.2. The first-order valence-electron chi connectivity index (χ1n) is 5.39. The average molecular weight is 266 g/mol. The molecule has 0 atom stereocenters. The second kappa shape index (κ2) is 5.76. The lowest BCUT2D eigenvalue weighted by molar-refractivity contribution is 0.398. The minimum absolute atomic E-state index is 0.432. The van der Waals surface area contributed by atoms with Crippen LogP contribution >= 0.6 is 11.8 Å². The van der Waals surface area contributed by atoms with Gasteiger partial charge < -0.3 is 0 Å². The van der Waals surface area contributed by atoms with Crippen LogP contribution in [0, 0.1) is 23.3 Å². The summed E-state index contributed by atoms with van der Waals surface area (Å²) in [5, 5.41) is 0. The molecular formula is C12H14F4S. The lowest BCUT2D eigenvalue weighted by Gasteiger charge is -2.17. The highest BCUT2D eigenvalue weighted by Gasteiger charge is 2.28. The Hall–Kier alpha value is -0.710. The van der Waals surface area contributed by atoms with Crippen LogP contribution in [0.2, 0.25) is 0 Å². The van der Waals surface area contributed by atoms with Crippen LogP contribution in [0.15, 0.2) is 4.90 Å². The van der Waals surface area contributed by atoms with Gasteiger partial charge in [-0.1, -0.05) is 13.8 Å². The first-order chi connectivity index (χ1) is 7.99. The third-order valence-electron chi connectivity index (χ3n) is 2.86. The molecule has 1 aromatic rings. The molecule has 0 saturated heterocycles. The molecule has 0 unspecified atom stereocenters. The second-order valence-electron chi connectivity index (χ2n) is 3.72. The maximum Gasteiger partial charge on any atom is 0.175 e. The van der Waals surface area contributed by atoms with Crippen molar-refractivity contribution in [1.82, 2.24) is 0 Å². The highest BCUT2D eigenvalue weighted by Crippen LogP contribution is 2.35. The first kappa shape index (κ1) is 14.4. The van der Waals surface area contributed by atoms with E-state index in [0.717, 1.165) is 0 Å². The van der Waals surface area contributed by atoms with Crippen molar-refractivity contribution in [2.75, 3.05) is 6.26 Å². The van der Waals surface area contributed by atoms with Gasteiger partial charge in [0.2, 0.25) is 0 Å². The van der Waals surface area contributed by atoms with Gasteiger partial charge in [-0.2, -0.15) is 0 Å². The van der Waals surface area contributed by atoms with E-state index in [1.54, 1.807) is 13.8 Å². The zero-order chi connectivity index (χ0) is 13.2. The molecule has 96 valence electrons. The summed E-state index contributed by atoms with van der Waals surface area (Å²) in [5.74, 6) is -5.62. The van der Waals surface area contributed by atoms with Gasteiger partial charge in [-0.3, -0.25) is 0 Å². The Labute approximate surface area is 102 Å². The predicted octanol–water partition coefficient (Wildman–Crippen LogP) is 4.87. The van der Waals surface area contributed by atoms with Crippen LogP contribution < -0.4 is 0 Å². The van der Waals surface area contributed by atoms with E-state index in [2.05, 4.69) is 0 Å². The van der Waals surface area contributed by atoms with Crippen molar-refractivity contribution < 1.29 is 17.6 Å². The number of hydrogen-bond acceptors (Lipinski definition) is 1. The van der Waals surface area contributed by atoms with Crippen molar-refractivity contribution in [3.05, 3.63) is 28.8 Å². The molecule has 0 fully saturated rings. The fraction of sp³-hybridized carbons (Fsp3) is 0.500. The highest BCUT2D eigenvalue weighted by molar-refractivity contribution is 7.98. The first-order valence-corrected chi connectivity index (χ1v) is 6.61. The van der Waals surface area contributed by atoms with Crippen LogP contribution in [-0.4, -0.2) is 6.26 Å². The monoisotopic (exact) mass is 266 g/mol. The number of rotatable bonds is 4. The second-order valence-corrected chi connectivity index (χ2v) is 4.53. The molecule has 0 spiro atoms. The standard InChI is InChI=1S/C12H14F4S/c1-4-6(5-2)7-8(13)10(15)12(17-3)11(16)9(7)14/h6H,4-5H2,1-3H3. The summed E-state index contributed by atoms with van der Waals surface area (Å²) in [7, 11) is 0. The van der Waals surface area contributed by atoms with Crippen molar-refractivity contribution in [3.8, 4) is 0 Å². The molecule has 0 aliphatic heterocycles. The molecule has 17 heavy (non-hydrogen) atoms. The van der Waals surface area contributed by atoms with Gasteiger partial charge in [0.05, 0.1) is 4.90 Å². The van der Waals surface area contributed by atoms with Crippen molar-refractivity contribution in [2.45, 2.75) is 37.5 Å². The SMILES string of the molecule is CCC(CC)c1c(F)c(F)c(SC)c(F)c1F. The molecule has 0 N–H and O–H groups in total. The maximum atomic E-state index is 13.7. The Bertz CT molecular complexity index is 384. The van der Waals surface area contributed by atoms with Crippen LogP contribution in [0.4, 0.5) is 17.6 Å². The topological polar surface area (TPSA) is 0 Å².